The molecule has 1 N–H and O–H groups in total. The van der Waals surface area contributed by atoms with Gasteiger partial charge in [-0.05, 0) is 60.9 Å². The summed E-state index contributed by atoms with van der Waals surface area (Å²) < 4.78 is 24.2. The highest BCUT2D eigenvalue weighted by molar-refractivity contribution is 5.76. The zero-order valence-electron chi connectivity index (χ0n) is 31.4. The minimum atomic E-state index is -1.05. The highest BCUT2D eigenvalue weighted by Crippen LogP contribution is 2.41. The molecule has 52 heavy (non-hydrogen) atoms. The number of aliphatic carboxylic acids is 1. The predicted octanol–water partition coefficient (Wildman–Crippen LogP) is 10.6. The monoisotopic (exact) mass is 712 g/mol. The molecule has 0 bridgehead atoms. The number of esters is 1. The highest BCUT2D eigenvalue weighted by Gasteiger charge is 2.38. The van der Waals surface area contributed by atoms with Gasteiger partial charge in [0.25, 0.3) is 0 Å². The van der Waals surface area contributed by atoms with Crippen LogP contribution in [0, 0.1) is 0 Å². The van der Waals surface area contributed by atoms with Gasteiger partial charge in [-0.15, -0.1) is 0 Å². The summed E-state index contributed by atoms with van der Waals surface area (Å²) in [5, 5.41) is 9.12. The van der Waals surface area contributed by atoms with E-state index < -0.39 is 23.6 Å². The molecule has 3 aromatic rings. The van der Waals surface area contributed by atoms with Crippen LogP contribution in [0.4, 0.5) is 0 Å². The molecular weight excluding hydrogens is 652 g/mol. The summed E-state index contributed by atoms with van der Waals surface area (Å²) >= 11 is 0. The average Bonchev–Trinajstić information content (AvgIpc) is 3.17. The van der Waals surface area contributed by atoms with E-state index >= 15 is 0 Å². The van der Waals surface area contributed by atoms with E-state index in [9.17, 15) is 9.59 Å². The molecule has 0 heterocycles. The van der Waals surface area contributed by atoms with Gasteiger partial charge < -0.3 is 24.1 Å². The Labute approximate surface area is 312 Å². The van der Waals surface area contributed by atoms with Crippen LogP contribution in [0.2, 0.25) is 0 Å². The molecule has 0 aliphatic rings. The minimum absolute atomic E-state index is 0.0273. The predicted molar refractivity (Wildman–Crippen MR) is 209 cm³/mol. The van der Waals surface area contributed by atoms with Gasteiger partial charge in [0, 0.05) is 6.61 Å². The number of methoxy groups -OCH3 is 1. The third-order valence-electron chi connectivity index (χ3n) is 8.98. The van der Waals surface area contributed by atoms with Crippen LogP contribution in [-0.4, -0.2) is 50.1 Å². The summed E-state index contributed by atoms with van der Waals surface area (Å²) in [5.41, 5.74) is 1.65. The number of allylic oxidation sites excluding steroid dienone is 4. The van der Waals surface area contributed by atoms with Crippen molar-refractivity contribution in [1.29, 1.82) is 0 Å². The van der Waals surface area contributed by atoms with Crippen molar-refractivity contribution in [3.63, 3.8) is 0 Å². The van der Waals surface area contributed by atoms with Gasteiger partial charge in [0.15, 0.2) is 0 Å². The van der Waals surface area contributed by atoms with Gasteiger partial charge in [0.05, 0.1) is 33.2 Å². The molecule has 0 aliphatic heterocycles. The first-order chi connectivity index (χ1) is 25.5. The van der Waals surface area contributed by atoms with Crippen molar-refractivity contribution in [3.8, 4) is 5.75 Å². The number of carbonyl (C=O) groups is 2. The van der Waals surface area contributed by atoms with Gasteiger partial charge in [0.2, 0.25) is 0 Å². The SMILES string of the molecule is CCCC/C=C\C/C=C\CCCCCCCCCOCC(COC(c1ccccc1)(c1ccccc1)c1ccc(OC)cc1)OC(=O)CCC(=O)O. The van der Waals surface area contributed by atoms with E-state index in [1.165, 1.54) is 44.9 Å². The molecule has 7 nitrogen and oxygen atoms in total. The van der Waals surface area contributed by atoms with Crippen molar-refractivity contribution in [1.82, 2.24) is 0 Å². The molecule has 0 saturated carbocycles. The fourth-order valence-electron chi connectivity index (χ4n) is 6.10. The second kappa shape index (κ2) is 25.7. The molecule has 282 valence electrons. The van der Waals surface area contributed by atoms with Crippen LogP contribution in [0.5, 0.6) is 5.75 Å². The van der Waals surface area contributed by atoms with Gasteiger partial charge in [-0.3, -0.25) is 9.59 Å². The van der Waals surface area contributed by atoms with Gasteiger partial charge >= 0.3 is 11.9 Å². The van der Waals surface area contributed by atoms with Gasteiger partial charge in [-0.25, -0.2) is 0 Å². The fraction of sp³-hybridized carbons (Fsp3) is 0.467. The van der Waals surface area contributed by atoms with Gasteiger partial charge in [-0.1, -0.05) is 149 Å². The van der Waals surface area contributed by atoms with E-state index in [1.54, 1.807) is 7.11 Å². The van der Waals surface area contributed by atoms with Crippen LogP contribution in [0.1, 0.15) is 114 Å². The number of carbonyl (C=O) groups excluding carboxylic acids is 1. The molecule has 0 aliphatic carbocycles. The van der Waals surface area contributed by atoms with E-state index in [2.05, 4.69) is 31.2 Å². The summed E-state index contributed by atoms with van der Waals surface area (Å²) in [4.78, 5) is 23.9. The summed E-state index contributed by atoms with van der Waals surface area (Å²) in [5.74, 6) is -0.920. The first-order valence-electron chi connectivity index (χ1n) is 19.2. The molecule has 1 unspecified atom stereocenters. The number of carboxylic acid groups (broad SMARTS) is 1. The standard InChI is InChI=1S/C45H60O7/c1-3-4-5-6-7-8-9-10-11-12-13-14-15-16-17-24-35-50-36-42(52-44(48)34-33-43(46)47)37-51-45(38-25-20-18-21-26-38,39-27-22-19-23-28-39)40-29-31-41(49-2)32-30-40/h6-7,9-10,18-23,25-32,42H,3-5,8,11-17,24,33-37H2,1-2H3,(H,46,47)/b7-6-,10-9-. The molecule has 3 rings (SSSR count). The number of unbranched alkanes of at least 4 members (excludes halogenated alkanes) is 9. The van der Waals surface area contributed by atoms with Crippen molar-refractivity contribution >= 4 is 11.9 Å². The highest BCUT2D eigenvalue weighted by atomic mass is 16.6. The number of benzene rings is 3. The number of carboxylic acids is 1. The van der Waals surface area contributed by atoms with Crippen LogP contribution in [0.3, 0.4) is 0 Å². The first-order valence-corrected chi connectivity index (χ1v) is 19.2. The number of rotatable bonds is 28. The Morgan fingerprint density at radius 3 is 1.81 bits per heavy atom. The molecule has 0 fully saturated rings. The maximum Gasteiger partial charge on any atom is 0.306 e. The van der Waals surface area contributed by atoms with Crippen LogP contribution in [0.15, 0.2) is 109 Å². The lowest BCUT2D eigenvalue weighted by molar-refractivity contribution is -0.161. The second-order valence-electron chi connectivity index (χ2n) is 13.1. The fourth-order valence-corrected chi connectivity index (χ4v) is 6.10. The summed E-state index contributed by atoms with van der Waals surface area (Å²) in [7, 11) is 1.63. The molecule has 0 saturated heterocycles. The lowest BCUT2D eigenvalue weighted by Gasteiger charge is -2.37. The topological polar surface area (TPSA) is 91.3 Å². The van der Waals surface area contributed by atoms with Crippen LogP contribution >= 0.6 is 0 Å². The smallest absolute Gasteiger partial charge is 0.306 e. The third kappa shape index (κ3) is 15.6. The largest absolute Gasteiger partial charge is 0.497 e. The minimum Gasteiger partial charge on any atom is -0.497 e. The molecule has 1 atom stereocenters. The van der Waals surface area contributed by atoms with E-state index in [1.807, 2.05) is 84.9 Å². The molecule has 7 heteroatoms. The molecular formula is C45H60O7. The maximum absolute atomic E-state index is 12.7. The molecule has 0 amide bonds. The van der Waals surface area contributed by atoms with Crippen molar-refractivity contribution in [2.45, 2.75) is 109 Å². The van der Waals surface area contributed by atoms with E-state index in [0.717, 1.165) is 54.5 Å². The number of ether oxygens (including phenoxy) is 4. The van der Waals surface area contributed by atoms with Gasteiger partial charge in [0.1, 0.15) is 17.5 Å². The first kappa shape index (κ1) is 42.2. The van der Waals surface area contributed by atoms with E-state index in [4.69, 9.17) is 24.1 Å². The molecule has 0 radical (unpaired) electrons. The molecule has 0 spiro atoms. The summed E-state index contributed by atoms with van der Waals surface area (Å²) in [6.07, 6.45) is 21.9. The molecule has 3 aromatic carbocycles. The Morgan fingerprint density at radius 2 is 1.23 bits per heavy atom. The molecule has 0 aromatic heterocycles. The van der Waals surface area contributed by atoms with Crippen molar-refractivity contribution in [2.75, 3.05) is 26.9 Å². The third-order valence-corrected chi connectivity index (χ3v) is 8.98. The Balaban J connectivity index is 1.56. The zero-order valence-corrected chi connectivity index (χ0v) is 31.4. The number of hydrogen-bond donors (Lipinski definition) is 1. The Hall–Kier alpha value is -4.20. The normalized spacial score (nSPS) is 12.3. The van der Waals surface area contributed by atoms with Crippen LogP contribution in [0.25, 0.3) is 0 Å². The van der Waals surface area contributed by atoms with Crippen molar-refractivity contribution < 1.29 is 33.6 Å². The van der Waals surface area contributed by atoms with Gasteiger partial charge in [-0.2, -0.15) is 0 Å². The average molecular weight is 713 g/mol. The Kier molecular flexibility index (Phi) is 20.9. The van der Waals surface area contributed by atoms with Crippen LogP contribution < -0.4 is 4.74 Å². The van der Waals surface area contributed by atoms with Crippen molar-refractivity contribution in [3.05, 3.63) is 126 Å². The summed E-state index contributed by atoms with van der Waals surface area (Å²) in [6.45, 7) is 2.94. The van der Waals surface area contributed by atoms with E-state index in [0.29, 0.717) is 6.61 Å². The second-order valence-corrected chi connectivity index (χ2v) is 13.1. The summed E-state index contributed by atoms with van der Waals surface area (Å²) in [6, 6.07) is 27.7. The maximum atomic E-state index is 12.7. The Morgan fingerprint density at radius 1 is 0.673 bits per heavy atom. The van der Waals surface area contributed by atoms with Crippen LogP contribution in [-0.2, 0) is 29.4 Å². The lowest BCUT2D eigenvalue weighted by Crippen LogP contribution is -2.38. The van der Waals surface area contributed by atoms with E-state index in [-0.39, 0.29) is 26.1 Å². The Bertz CT molecular complexity index is 1390. The number of hydrogen-bond acceptors (Lipinski definition) is 6. The van der Waals surface area contributed by atoms with Crippen molar-refractivity contribution in [2.24, 2.45) is 0 Å². The lowest BCUT2D eigenvalue weighted by atomic mass is 9.80. The zero-order chi connectivity index (χ0) is 37.1. The quantitative estimate of drug-likeness (QED) is 0.0347.